The van der Waals surface area contributed by atoms with Crippen LogP contribution in [0.2, 0.25) is 10.0 Å². The maximum atomic E-state index is 11.7. The fourth-order valence-electron chi connectivity index (χ4n) is 1.95. The first-order chi connectivity index (χ1) is 12.0. The molecule has 2 aromatic rings. The maximum absolute atomic E-state index is 11.7. The minimum atomic E-state index is -0.351. The molecular weight excluding hydrogens is 361 g/mol. The topological polar surface area (TPSA) is 70.6 Å². The Morgan fingerprint density at radius 2 is 1.72 bits per heavy atom. The highest BCUT2D eigenvalue weighted by atomic mass is 35.5. The van der Waals surface area contributed by atoms with E-state index in [0.717, 1.165) is 5.56 Å². The molecule has 2 rings (SSSR count). The highest BCUT2D eigenvalue weighted by molar-refractivity contribution is 6.36. The molecule has 0 fully saturated rings. The summed E-state index contributed by atoms with van der Waals surface area (Å²) in [6.07, 6.45) is 1.56. The van der Waals surface area contributed by atoms with Crippen LogP contribution in [0.25, 0.3) is 0 Å². The molecule has 0 aromatic heterocycles. The van der Waals surface area contributed by atoms with E-state index >= 15 is 0 Å². The molecule has 0 atom stereocenters. The summed E-state index contributed by atoms with van der Waals surface area (Å²) < 4.78 is 0. The molecule has 0 aliphatic carbocycles. The molecule has 0 bridgehead atoms. The lowest BCUT2D eigenvalue weighted by Gasteiger charge is -2.05. The number of nitrogens with zero attached hydrogens (tertiary/aromatic N) is 1. The van der Waals surface area contributed by atoms with Crippen LogP contribution >= 0.6 is 23.2 Å². The first kappa shape index (κ1) is 19.0. The van der Waals surface area contributed by atoms with Crippen molar-refractivity contribution in [1.29, 1.82) is 0 Å². The van der Waals surface area contributed by atoms with E-state index in [1.165, 1.54) is 6.21 Å². The van der Waals surface area contributed by atoms with E-state index in [4.69, 9.17) is 23.2 Å². The summed E-state index contributed by atoms with van der Waals surface area (Å²) in [5.74, 6) is -0.542. The van der Waals surface area contributed by atoms with Gasteiger partial charge in [-0.05, 0) is 17.7 Å². The molecule has 0 radical (unpaired) electrons. The van der Waals surface area contributed by atoms with E-state index in [0.29, 0.717) is 22.2 Å². The van der Waals surface area contributed by atoms with Crippen molar-refractivity contribution in [1.82, 2.24) is 10.7 Å². The van der Waals surface area contributed by atoms with Crippen molar-refractivity contribution in [3.63, 3.8) is 0 Å². The van der Waals surface area contributed by atoms with Crippen LogP contribution in [0.3, 0.4) is 0 Å². The minimum Gasteiger partial charge on any atom is -0.352 e. The number of rotatable bonds is 7. The fraction of sp³-hybridized carbons (Fsp3) is 0.167. The Balaban J connectivity index is 1.69. The van der Waals surface area contributed by atoms with E-state index in [1.54, 1.807) is 18.2 Å². The van der Waals surface area contributed by atoms with E-state index in [-0.39, 0.29) is 24.7 Å². The zero-order valence-corrected chi connectivity index (χ0v) is 14.8. The van der Waals surface area contributed by atoms with E-state index in [2.05, 4.69) is 15.8 Å². The molecule has 7 heteroatoms. The summed E-state index contributed by atoms with van der Waals surface area (Å²) in [6.45, 7) is 0.439. The summed E-state index contributed by atoms with van der Waals surface area (Å²) in [6, 6.07) is 14.5. The number of halogens is 2. The van der Waals surface area contributed by atoms with Crippen molar-refractivity contribution in [2.45, 2.75) is 19.4 Å². The van der Waals surface area contributed by atoms with Gasteiger partial charge in [0.2, 0.25) is 11.8 Å². The van der Waals surface area contributed by atoms with Gasteiger partial charge in [0.15, 0.2) is 0 Å². The van der Waals surface area contributed by atoms with Gasteiger partial charge in [-0.2, -0.15) is 5.10 Å². The fourth-order valence-corrected chi connectivity index (χ4v) is 2.41. The van der Waals surface area contributed by atoms with Crippen LogP contribution in [-0.4, -0.2) is 18.0 Å². The minimum absolute atomic E-state index is 0.0479. The second-order valence-electron chi connectivity index (χ2n) is 5.22. The Labute approximate surface area is 156 Å². The lowest BCUT2D eigenvalue weighted by Crippen LogP contribution is -2.25. The Kier molecular flexibility index (Phi) is 7.44. The Hall–Kier alpha value is -2.37. The van der Waals surface area contributed by atoms with Gasteiger partial charge in [-0.25, -0.2) is 5.43 Å². The van der Waals surface area contributed by atoms with Crippen LogP contribution in [0.1, 0.15) is 24.0 Å². The maximum Gasteiger partial charge on any atom is 0.240 e. The van der Waals surface area contributed by atoms with Gasteiger partial charge < -0.3 is 5.32 Å². The van der Waals surface area contributed by atoms with E-state index in [1.807, 2.05) is 30.3 Å². The van der Waals surface area contributed by atoms with E-state index in [9.17, 15) is 9.59 Å². The standard InChI is InChI=1S/C18H17Cl2N3O2/c19-15-7-6-14(16(20)10-15)12-22-23-18(25)9-8-17(24)21-11-13-4-2-1-3-5-13/h1-7,10,12H,8-9,11H2,(H,21,24)(H,23,25)/b22-12-. The normalized spacial score (nSPS) is 10.6. The second-order valence-corrected chi connectivity index (χ2v) is 6.06. The number of hydrogen-bond acceptors (Lipinski definition) is 3. The molecule has 130 valence electrons. The van der Waals surface area contributed by atoms with Crippen molar-refractivity contribution in [3.8, 4) is 0 Å². The molecule has 0 saturated heterocycles. The molecule has 0 aliphatic rings. The van der Waals surface area contributed by atoms with Gasteiger partial charge in [0.1, 0.15) is 0 Å². The molecule has 0 heterocycles. The molecular formula is C18H17Cl2N3O2. The summed E-state index contributed by atoms with van der Waals surface area (Å²) in [4.78, 5) is 23.4. The van der Waals surface area contributed by atoms with Gasteiger partial charge in [-0.3, -0.25) is 9.59 Å². The third kappa shape index (κ3) is 6.95. The summed E-state index contributed by atoms with van der Waals surface area (Å²) in [5.41, 5.74) is 4.00. The number of hydrazone groups is 1. The Morgan fingerprint density at radius 3 is 2.44 bits per heavy atom. The zero-order chi connectivity index (χ0) is 18.1. The van der Waals surface area contributed by atoms with Crippen molar-refractivity contribution in [2.75, 3.05) is 0 Å². The van der Waals surface area contributed by atoms with Gasteiger partial charge in [0.05, 0.1) is 11.2 Å². The van der Waals surface area contributed by atoms with Crippen molar-refractivity contribution in [2.24, 2.45) is 5.10 Å². The average Bonchev–Trinajstić information content (AvgIpc) is 2.61. The smallest absolute Gasteiger partial charge is 0.240 e. The zero-order valence-electron chi connectivity index (χ0n) is 13.3. The summed E-state index contributed by atoms with van der Waals surface area (Å²) in [5, 5.41) is 7.54. The van der Waals surface area contributed by atoms with Gasteiger partial charge in [0, 0.05) is 30.0 Å². The van der Waals surface area contributed by atoms with Crippen LogP contribution in [0.4, 0.5) is 0 Å². The van der Waals surface area contributed by atoms with Crippen LogP contribution in [0, 0.1) is 0 Å². The average molecular weight is 378 g/mol. The highest BCUT2D eigenvalue weighted by Gasteiger charge is 2.06. The van der Waals surface area contributed by atoms with E-state index < -0.39 is 0 Å². The predicted molar refractivity (Wildman–Crippen MR) is 99.7 cm³/mol. The summed E-state index contributed by atoms with van der Waals surface area (Å²) in [7, 11) is 0. The molecule has 2 N–H and O–H groups in total. The van der Waals surface area contributed by atoms with Crippen LogP contribution in [-0.2, 0) is 16.1 Å². The quantitative estimate of drug-likeness (QED) is 0.572. The first-order valence-corrected chi connectivity index (χ1v) is 8.38. The monoisotopic (exact) mass is 377 g/mol. The number of hydrogen-bond donors (Lipinski definition) is 2. The van der Waals surface area contributed by atoms with Crippen LogP contribution < -0.4 is 10.7 Å². The molecule has 5 nitrogen and oxygen atoms in total. The Bertz CT molecular complexity index is 764. The molecule has 0 aliphatic heterocycles. The largest absolute Gasteiger partial charge is 0.352 e. The molecule has 0 spiro atoms. The number of carbonyl (C=O) groups excluding carboxylic acids is 2. The molecule has 0 saturated carbocycles. The predicted octanol–water partition coefficient (Wildman–Crippen LogP) is 3.54. The van der Waals surface area contributed by atoms with Crippen molar-refractivity contribution >= 4 is 41.2 Å². The molecule has 2 amide bonds. The van der Waals surface area contributed by atoms with Gasteiger partial charge >= 0.3 is 0 Å². The van der Waals surface area contributed by atoms with Crippen molar-refractivity contribution in [3.05, 3.63) is 69.7 Å². The molecule has 0 unspecified atom stereocenters. The lowest BCUT2D eigenvalue weighted by molar-refractivity contribution is -0.126. The number of amides is 2. The summed E-state index contributed by atoms with van der Waals surface area (Å²) >= 11 is 11.8. The third-order valence-corrected chi connectivity index (χ3v) is 3.83. The third-order valence-electron chi connectivity index (χ3n) is 3.27. The number of carbonyl (C=O) groups is 2. The second kappa shape index (κ2) is 9.81. The van der Waals surface area contributed by atoms with Crippen molar-refractivity contribution < 1.29 is 9.59 Å². The molecule has 2 aromatic carbocycles. The van der Waals surface area contributed by atoms with Crippen LogP contribution in [0.15, 0.2) is 53.6 Å². The first-order valence-electron chi connectivity index (χ1n) is 7.62. The highest BCUT2D eigenvalue weighted by Crippen LogP contribution is 2.19. The number of benzene rings is 2. The lowest BCUT2D eigenvalue weighted by atomic mass is 10.2. The SMILES string of the molecule is O=C(CCC(=O)N/N=C\c1ccc(Cl)cc1Cl)NCc1ccccc1. The van der Waals surface area contributed by atoms with Gasteiger partial charge in [-0.1, -0.05) is 59.6 Å². The number of nitrogens with one attached hydrogen (secondary N) is 2. The van der Waals surface area contributed by atoms with Gasteiger partial charge in [0.25, 0.3) is 0 Å². The Morgan fingerprint density at radius 1 is 1.00 bits per heavy atom. The van der Waals surface area contributed by atoms with Crippen LogP contribution in [0.5, 0.6) is 0 Å². The molecule has 25 heavy (non-hydrogen) atoms. The van der Waals surface area contributed by atoms with Gasteiger partial charge in [-0.15, -0.1) is 0 Å².